The molecule has 0 atom stereocenters. The maximum absolute atomic E-state index is 13.1. The Morgan fingerprint density at radius 3 is 2.52 bits per heavy atom. The van der Waals surface area contributed by atoms with Crippen LogP contribution in [-0.2, 0) is 12.8 Å². The molecule has 2 N–H and O–H groups in total. The average Bonchev–Trinajstić information content (AvgIpc) is 3.31. The molecule has 0 spiro atoms. The zero-order valence-electron chi connectivity index (χ0n) is 14.4. The first kappa shape index (κ1) is 17.5. The molecule has 0 radical (unpaired) electrons. The number of nitrogens with one attached hydrogen (secondary N) is 2. The highest BCUT2D eigenvalue weighted by molar-refractivity contribution is 7.17. The first-order valence-electron chi connectivity index (χ1n) is 8.68. The summed E-state index contributed by atoms with van der Waals surface area (Å²) < 4.78 is 18.2. The molecule has 2 aromatic heterocycles. The lowest BCUT2D eigenvalue weighted by Gasteiger charge is -2.13. The van der Waals surface area contributed by atoms with E-state index in [4.69, 9.17) is 4.42 Å². The molecule has 1 aliphatic carbocycles. The van der Waals surface area contributed by atoms with Gasteiger partial charge in [0.25, 0.3) is 11.8 Å². The topological polar surface area (TPSA) is 71.3 Å². The molecule has 0 bridgehead atoms. The van der Waals surface area contributed by atoms with Crippen LogP contribution >= 0.6 is 11.3 Å². The highest BCUT2D eigenvalue weighted by atomic mass is 32.1. The predicted molar refractivity (Wildman–Crippen MR) is 102 cm³/mol. The first-order valence-corrected chi connectivity index (χ1v) is 9.50. The van der Waals surface area contributed by atoms with Gasteiger partial charge in [0.15, 0.2) is 5.76 Å². The maximum atomic E-state index is 13.1. The molecular weight excluding hydrogens is 367 g/mol. The highest BCUT2D eigenvalue weighted by Gasteiger charge is 2.27. The summed E-state index contributed by atoms with van der Waals surface area (Å²) >= 11 is 1.43. The maximum Gasteiger partial charge on any atom is 0.291 e. The molecule has 0 fully saturated rings. The van der Waals surface area contributed by atoms with E-state index in [1.165, 1.54) is 41.9 Å². The molecule has 1 aromatic carbocycles. The Morgan fingerprint density at radius 1 is 1.00 bits per heavy atom. The molecule has 2 amide bonds. The predicted octanol–water partition coefficient (Wildman–Crippen LogP) is 4.86. The summed E-state index contributed by atoms with van der Waals surface area (Å²) in [7, 11) is 0. The van der Waals surface area contributed by atoms with E-state index in [9.17, 15) is 14.0 Å². The minimum atomic E-state index is -0.394. The third kappa shape index (κ3) is 3.64. The molecule has 1 aliphatic rings. The van der Waals surface area contributed by atoms with Crippen molar-refractivity contribution in [1.29, 1.82) is 0 Å². The fraction of sp³-hybridized carbons (Fsp3) is 0.200. The number of thiophene rings is 1. The number of carbonyl (C=O) groups excluding carboxylic acids is 2. The molecule has 27 heavy (non-hydrogen) atoms. The van der Waals surface area contributed by atoms with Crippen LogP contribution in [0.4, 0.5) is 15.1 Å². The van der Waals surface area contributed by atoms with Crippen molar-refractivity contribution in [3.63, 3.8) is 0 Å². The Kier molecular flexibility index (Phi) is 4.77. The lowest BCUT2D eigenvalue weighted by atomic mass is 9.95. The minimum Gasteiger partial charge on any atom is -0.459 e. The third-order valence-electron chi connectivity index (χ3n) is 4.47. The Hall–Kier alpha value is -2.93. The van der Waals surface area contributed by atoms with Crippen LogP contribution in [0.3, 0.4) is 0 Å². The summed E-state index contributed by atoms with van der Waals surface area (Å²) in [4.78, 5) is 26.5. The van der Waals surface area contributed by atoms with Gasteiger partial charge >= 0.3 is 0 Å². The number of hydrogen-bond acceptors (Lipinski definition) is 4. The highest BCUT2D eigenvalue weighted by Crippen LogP contribution is 2.38. The Bertz CT molecular complexity index is 978. The van der Waals surface area contributed by atoms with Gasteiger partial charge in [0.05, 0.1) is 11.8 Å². The number of furan rings is 1. The summed E-state index contributed by atoms with van der Waals surface area (Å²) in [5.41, 5.74) is 1.97. The SMILES string of the molecule is O=C(Nc1sc2c(c1C(=O)Nc1ccc(F)cc1)CCCC2)c1ccco1. The van der Waals surface area contributed by atoms with Gasteiger partial charge in [-0.2, -0.15) is 0 Å². The van der Waals surface area contributed by atoms with Crippen molar-refractivity contribution in [2.45, 2.75) is 25.7 Å². The second-order valence-electron chi connectivity index (χ2n) is 6.31. The molecule has 4 rings (SSSR count). The third-order valence-corrected chi connectivity index (χ3v) is 5.68. The molecule has 0 unspecified atom stereocenters. The van der Waals surface area contributed by atoms with Crippen molar-refractivity contribution in [3.8, 4) is 0 Å². The molecule has 7 heteroatoms. The van der Waals surface area contributed by atoms with E-state index < -0.39 is 5.91 Å². The van der Waals surface area contributed by atoms with Crippen molar-refractivity contribution in [2.24, 2.45) is 0 Å². The molecule has 3 aromatic rings. The zero-order valence-corrected chi connectivity index (χ0v) is 15.2. The summed E-state index contributed by atoms with van der Waals surface area (Å²) in [6.07, 6.45) is 5.20. The number of carbonyl (C=O) groups is 2. The van der Waals surface area contributed by atoms with E-state index in [2.05, 4.69) is 10.6 Å². The fourth-order valence-corrected chi connectivity index (χ4v) is 4.48. The van der Waals surface area contributed by atoms with Gasteiger partial charge in [0.1, 0.15) is 10.8 Å². The van der Waals surface area contributed by atoms with Gasteiger partial charge < -0.3 is 15.1 Å². The van der Waals surface area contributed by atoms with Crippen molar-refractivity contribution >= 4 is 33.8 Å². The van der Waals surface area contributed by atoms with Gasteiger partial charge in [-0.15, -0.1) is 11.3 Å². The van der Waals surface area contributed by atoms with Crippen molar-refractivity contribution in [3.05, 3.63) is 70.2 Å². The van der Waals surface area contributed by atoms with Crippen LogP contribution < -0.4 is 10.6 Å². The van der Waals surface area contributed by atoms with Crippen LogP contribution in [0, 0.1) is 5.82 Å². The van der Waals surface area contributed by atoms with Gasteiger partial charge in [-0.25, -0.2) is 4.39 Å². The van der Waals surface area contributed by atoms with E-state index in [1.54, 1.807) is 12.1 Å². The second-order valence-corrected chi connectivity index (χ2v) is 7.41. The average molecular weight is 384 g/mol. The lowest BCUT2D eigenvalue weighted by molar-refractivity contribution is 0.0997. The summed E-state index contributed by atoms with van der Waals surface area (Å²) in [6, 6.07) is 8.80. The monoisotopic (exact) mass is 384 g/mol. The zero-order chi connectivity index (χ0) is 18.8. The molecule has 0 saturated carbocycles. The van der Waals surface area contributed by atoms with Crippen LogP contribution in [0.2, 0.25) is 0 Å². The Labute approximate surface area is 159 Å². The van der Waals surface area contributed by atoms with E-state index in [-0.39, 0.29) is 17.5 Å². The molecule has 0 saturated heterocycles. The fourth-order valence-electron chi connectivity index (χ4n) is 3.19. The Balaban J connectivity index is 1.65. The minimum absolute atomic E-state index is 0.186. The molecule has 138 valence electrons. The van der Waals surface area contributed by atoms with Crippen molar-refractivity contribution in [1.82, 2.24) is 0 Å². The summed E-state index contributed by atoms with van der Waals surface area (Å²) in [5, 5.41) is 6.12. The lowest BCUT2D eigenvalue weighted by Crippen LogP contribution is -2.18. The quantitative estimate of drug-likeness (QED) is 0.675. The number of fused-ring (bicyclic) bond motifs is 1. The van der Waals surface area contributed by atoms with E-state index in [0.29, 0.717) is 16.3 Å². The van der Waals surface area contributed by atoms with Crippen molar-refractivity contribution < 1.29 is 18.4 Å². The van der Waals surface area contributed by atoms with E-state index in [1.807, 2.05) is 0 Å². The second kappa shape index (κ2) is 7.36. The summed E-state index contributed by atoms with van der Waals surface area (Å²) in [6.45, 7) is 0. The number of halogens is 1. The van der Waals surface area contributed by atoms with E-state index >= 15 is 0 Å². The van der Waals surface area contributed by atoms with Gasteiger partial charge in [0.2, 0.25) is 0 Å². The number of aryl methyl sites for hydroxylation is 1. The molecule has 5 nitrogen and oxygen atoms in total. The smallest absolute Gasteiger partial charge is 0.291 e. The number of benzene rings is 1. The number of rotatable bonds is 4. The van der Waals surface area contributed by atoms with Crippen LogP contribution in [-0.4, -0.2) is 11.8 Å². The number of anilines is 2. The largest absolute Gasteiger partial charge is 0.459 e. The normalized spacial score (nSPS) is 13.1. The molecule has 0 aliphatic heterocycles. The molecular formula is C20H17FN2O3S. The summed E-state index contributed by atoms with van der Waals surface area (Å²) in [5.74, 6) is -0.885. The number of hydrogen-bond donors (Lipinski definition) is 2. The standard InChI is InChI=1S/C20H17FN2O3S/c21-12-7-9-13(10-8-12)22-19(25)17-14-4-1-2-6-16(14)27-20(17)23-18(24)15-5-3-11-26-15/h3,5,7-11H,1-2,4,6H2,(H,22,25)(H,23,24). The number of amides is 2. The van der Waals surface area contributed by atoms with Crippen LogP contribution in [0.25, 0.3) is 0 Å². The van der Waals surface area contributed by atoms with Gasteiger partial charge in [0, 0.05) is 10.6 Å². The van der Waals surface area contributed by atoms with Gasteiger partial charge in [-0.1, -0.05) is 0 Å². The van der Waals surface area contributed by atoms with Crippen LogP contribution in [0.1, 0.15) is 44.2 Å². The van der Waals surface area contributed by atoms with E-state index in [0.717, 1.165) is 36.1 Å². The first-order chi connectivity index (χ1) is 13.1. The molecule has 2 heterocycles. The van der Waals surface area contributed by atoms with Crippen LogP contribution in [0.5, 0.6) is 0 Å². The van der Waals surface area contributed by atoms with Gasteiger partial charge in [-0.05, 0) is 67.6 Å². The Morgan fingerprint density at radius 2 is 1.78 bits per heavy atom. The van der Waals surface area contributed by atoms with Gasteiger partial charge in [-0.3, -0.25) is 9.59 Å². The van der Waals surface area contributed by atoms with Crippen LogP contribution in [0.15, 0.2) is 47.1 Å². The van der Waals surface area contributed by atoms with Crippen molar-refractivity contribution in [2.75, 3.05) is 10.6 Å².